The largest absolute Gasteiger partial charge is 0.310 e. The van der Waals surface area contributed by atoms with Gasteiger partial charge in [0.1, 0.15) is 13.6 Å². The summed E-state index contributed by atoms with van der Waals surface area (Å²) in [6.07, 6.45) is 0. The van der Waals surface area contributed by atoms with Crippen molar-refractivity contribution in [1.29, 1.82) is 0 Å². The summed E-state index contributed by atoms with van der Waals surface area (Å²) in [5.41, 5.74) is 2.66. The van der Waals surface area contributed by atoms with Crippen LogP contribution in [0.4, 0.5) is 0 Å². The summed E-state index contributed by atoms with van der Waals surface area (Å²) in [6, 6.07) is 8.48. The van der Waals surface area contributed by atoms with E-state index < -0.39 is 0 Å². The lowest BCUT2D eigenvalue weighted by atomic mass is 10.2. The Labute approximate surface area is 105 Å². The molecule has 0 radical (unpaired) electrons. The summed E-state index contributed by atoms with van der Waals surface area (Å²) >= 11 is 0. The second-order valence-electron chi connectivity index (χ2n) is 3.55. The fourth-order valence-electron chi connectivity index (χ4n) is 0.637. The first kappa shape index (κ1) is 20.9. The molecule has 0 saturated heterocycles. The number of carbonyl (C=O) groups is 2. The van der Waals surface area contributed by atoms with Crippen LogP contribution in [0.2, 0.25) is 0 Å². The smallest absolute Gasteiger partial charge is 0.106 e. The summed E-state index contributed by atoms with van der Waals surface area (Å²) in [7, 11) is 4.11. The molecule has 0 aromatic heterocycles. The molecule has 0 unspecified atom stereocenters. The molecular weight excluding hydrogens is 214 g/mol. The third kappa shape index (κ3) is 20.6. The molecule has 0 saturated carbocycles. The van der Waals surface area contributed by atoms with E-state index in [2.05, 4.69) is 64.0 Å². The minimum Gasteiger partial charge on any atom is -0.310 e. The molecule has 0 N–H and O–H groups in total. The Morgan fingerprint density at radius 1 is 0.882 bits per heavy atom. The lowest BCUT2D eigenvalue weighted by Crippen LogP contribution is -2.08. The first-order valence-electron chi connectivity index (χ1n) is 5.32. The van der Waals surface area contributed by atoms with E-state index in [9.17, 15) is 0 Å². The van der Waals surface area contributed by atoms with Crippen LogP contribution in [0.15, 0.2) is 24.3 Å². The van der Waals surface area contributed by atoms with Crippen LogP contribution in [-0.4, -0.2) is 39.1 Å². The minimum absolute atomic E-state index is 1.14. The van der Waals surface area contributed by atoms with Crippen molar-refractivity contribution in [2.24, 2.45) is 0 Å². The fraction of sp³-hybridized carbons (Fsp3) is 0.429. The molecule has 3 nitrogen and oxygen atoms in total. The zero-order chi connectivity index (χ0) is 14.3. The van der Waals surface area contributed by atoms with Gasteiger partial charge in [-0.15, -0.1) is 0 Å². The third-order valence-electron chi connectivity index (χ3n) is 1.85. The fourth-order valence-corrected chi connectivity index (χ4v) is 0.637. The highest BCUT2D eigenvalue weighted by molar-refractivity contribution is 5.19. The van der Waals surface area contributed by atoms with Crippen LogP contribution in [0, 0.1) is 13.8 Å². The molecule has 0 spiro atoms. The third-order valence-corrected chi connectivity index (χ3v) is 1.85. The predicted octanol–water partition coefficient (Wildman–Crippen LogP) is 2.50. The SMILES string of the molecule is C=O.C=O.CCN(C)C.Cc1ccc(C)cc1. The average molecular weight is 239 g/mol. The number of benzene rings is 1. The second-order valence-corrected chi connectivity index (χ2v) is 3.55. The summed E-state index contributed by atoms with van der Waals surface area (Å²) < 4.78 is 0. The first-order chi connectivity index (χ1) is 8.06. The highest BCUT2D eigenvalue weighted by atomic mass is 16.1. The Hall–Kier alpha value is -1.48. The number of nitrogens with zero attached hydrogens (tertiary/aromatic N) is 1. The number of rotatable bonds is 1. The molecule has 1 aromatic carbocycles. The van der Waals surface area contributed by atoms with E-state index >= 15 is 0 Å². The molecule has 0 fully saturated rings. The molecule has 17 heavy (non-hydrogen) atoms. The topological polar surface area (TPSA) is 37.4 Å². The average Bonchev–Trinajstić information content (AvgIpc) is 2.38. The molecule has 0 bridgehead atoms. The van der Waals surface area contributed by atoms with Gasteiger partial charge in [0.05, 0.1) is 0 Å². The zero-order valence-corrected chi connectivity index (χ0v) is 11.7. The molecule has 0 aliphatic rings. The molecule has 0 atom stereocenters. The number of hydrogen-bond acceptors (Lipinski definition) is 3. The van der Waals surface area contributed by atoms with E-state index in [4.69, 9.17) is 9.59 Å². The van der Waals surface area contributed by atoms with Gasteiger partial charge in [-0.2, -0.15) is 0 Å². The summed E-state index contributed by atoms with van der Waals surface area (Å²) in [5.74, 6) is 0. The number of hydrogen-bond donors (Lipinski definition) is 0. The molecule has 0 aliphatic heterocycles. The van der Waals surface area contributed by atoms with Crippen molar-refractivity contribution in [1.82, 2.24) is 4.90 Å². The van der Waals surface area contributed by atoms with Crippen molar-refractivity contribution >= 4 is 13.6 Å². The lowest BCUT2D eigenvalue weighted by Gasteiger charge is -2.00. The van der Waals surface area contributed by atoms with Crippen LogP contribution >= 0.6 is 0 Å². The second kappa shape index (κ2) is 16.9. The maximum atomic E-state index is 8.00. The molecule has 0 heterocycles. The van der Waals surface area contributed by atoms with Crippen LogP contribution in [0.5, 0.6) is 0 Å². The maximum Gasteiger partial charge on any atom is 0.106 e. The Morgan fingerprint density at radius 3 is 1.18 bits per heavy atom. The molecule has 0 aliphatic carbocycles. The van der Waals surface area contributed by atoms with Gasteiger partial charge >= 0.3 is 0 Å². The molecule has 0 amide bonds. The summed E-state index contributed by atoms with van der Waals surface area (Å²) in [4.78, 5) is 18.1. The van der Waals surface area contributed by atoms with E-state index in [1.807, 2.05) is 13.6 Å². The van der Waals surface area contributed by atoms with Crippen molar-refractivity contribution in [2.75, 3.05) is 20.6 Å². The van der Waals surface area contributed by atoms with E-state index in [0.29, 0.717) is 0 Å². The summed E-state index contributed by atoms with van der Waals surface area (Å²) in [6.45, 7) is 11.5. The Balaban J connectivity index is -0.000000190. The van der Waals surface area contributed by atoms with Gasteiger partial charge in [-0.25, -0.2) is 0 Å². The molecule has 3 heteroatoms. The molecule has 1 aromatic rings. The quantitative estimate of drug-likeness (QED) is 0.755. The van der Waals surface area contributed by atoms with Crippen LogP contribution in [0.1, 0.15) is 18.1 Å². The standard InChI is InChI=1S/C8H10.C4H11N.2CH2O/c1-7-3-5-8(2)6-4-7;1-4-5(2)3;2*1-2/h3-6H,1-2H3;4H2,1-3H3;2*1H2. The maximum absolute atomic E-state index is 8.00. The highest BCUT2D eigenvalue weighted by Gasteiger charge is 1.79. The van der Waals surface area contributed by atoms with Crippen molar-refractivity contribution in [3.8, 4) is 0 Å². The molecule has 1 rings (SSSR count). The van der Waals surface area contributed by atoms with Gasteiger partial charge in [0.25, 0.3) is 0 Å². The Morgan fingerprint density at radius 2 is 1.06 bits per heavy atom. The highest BCUT2D eigenvalue weighted by Crippen LogP contribution is 1.99. The molecular formula is C14H25NO2. The number of carbonyl (C=O) groups excluding carboxylic acids is 2. The van der Waals surface area contributed by atoms with Gasteiger partial charge in [-0.1, -0.05) is 42.3 Å². The van der Waals surface area contributed by atoms with Crippen molar-refractivity contribution < 1.29 is 9.59 Å². The van der Waals surface area contributed by atoms with Gasteiger partial charge in [0.2, 0.25) is 0 Å². The monoisotopic (exact) mass is 239 g/mol. The lowest BCUT2D eigenvalue weighted by molar-refractivity contribution is -0.0987. The van der Waals surface area contributed by atoms with Crippen LogP contribution in [-0.2, 0) is 9.59 Å². The van der Waals surface area contributed by atoms with E-state index in [0.717, 1.165) is 6.54 Å². The van der Waals surface area contributed by atoms with Crippen molar-refractivity contribution in [2.45, 2.75) is 20.8 Å². The van der Waals surface area contributed by atoms with Gasteiger partial charge in [0.15, 0.2) is 0 Å². The minimum atomic E-state index is 1.14. The van der Waals surface area contributed by atoms with Crippen molar-refractivity contribution in [3.63, 3.8) is 0 Å². The number of aryl methyl sites for hydroxylation is 2. The first-order valence-corrected chi connectivity index (χ1v) is 5.32. The van der Waals surface area contributed by atoms with Gasteiger partial charge in [-0.05, 0) is 34.5 Å². The van der Waals surface area contributed by atoms with Gasteiger partial charge < -0.3 is 14.5 Å². The Kier molecular flexibility index (Phi) is 20.8. The van der Waals surface area contributed by atoms with E-state index in [-0.39, 0.29) is 0 Å². The van der Waals surface area contributed by atoms with E-state index in [1.165, 1.54) is 11.1 Å². The van der Waals surface area contributed by atoms with Crippen molar-refractivity contribution in [3.05, 3.63) is 35.4 Å². The van der Waals surface area contributed by atoms with Gasteiger partial charge in [-0.3, -0.25) is 0 Å². The van der Waals surface area contributed by atoms with Gasteiger partial charge in [0, 0.05) is 0 Å². The van der Waals surface area contributed by atoms with Crippen LogP contribution in [0.3, 0.4) is 0 Å². The zero-order valence-electron chi connectivity index (χ0n) is 11.7. The van der Waals surface area contributed by atoms with Crippen LogP contribution < -0.4 is 0 Å². The predicted molar refractivity (Wildman–Crippen MR) is 74.4 cm³/mol. The Bertz CT molecular complexity index is 222. The molecule has 98 valence electrons. The van der Waals surface area contributed by atoms with Crippen LogP contribution in [0.25, 0.3) is 0 Å². The normalized spacial score (nSPS) is 7.65. The summed E-state index contributed by atoms with van der Waals surface area (Å²) in [5, 5.41) is 0. The van der Waals surface area contributed by atoms with E-state index in [1.54, 1.807) is 0 Å².